The molecule has 0 aliphatic carbocycles. The summed E-state index contributed by atoms with van der Waals surface area (Å²) in [6, 6.07) is 35.4. The van der Waals surface area contributed by atoms with Gasteiger partial charge in [-0.1, -0.05) is 97.1 Å². The van der Waals surface area contributed by atoms with Crippen LogP contribution in [0, 0.1) is 0 Å². The first kappa shape index (κ1) is 14.4. The summed E-state index contributed by atoms with van der Waals surface area (Å²) in [7, 11) is 0. The van der Waals surface area contributed by atoms with E-state index in [2.05, 4.69) is 72.8 Å². The Kier molecular flexibility index (Phi) is 3.91. The van der Waals surface area contributed by atoms with Gasteiger partial charge in [-0.15, -0.1) is 0 Å². The molecule has 1 aromatic heterocycles. The van der Waals surface area contributed by atoms with Crippen LogP contribution in [0.1, 0.15) is 0 Å². The molecule has 4 rings (SSSR count). The predicted molar refractivity (Wildman–Crippen MR) is 101 cm³/mol. The van der Waals surface area contributed by atoms with Crippen molar-refractivity contribution in [3.63, 3.8) is 0 Å². The lowest BCUT2D eigenvalue weighted by Crippen LogP contribution is -1.92. The highest BCUT2D eigenvalue weighted by atomic mass is 14.7. The third-order valence-corrected chi connectivity index (χ3v) is 4.10. The van der Waals surface area contributed by atoms with Gasteiger partial charge in [0.15, 0.2) is 0 Å². The molecule has 0 aliphatic rings. The number of aromatic nitrogens is 1. The van der Waals surface area contributed by atoms with Gasteiger partial charge in [0, 0.05) is 16.7 Å². The van der Waals surface area contributed by atoms with Crippen LogP contribution in [0.5, 0.6) is 0 Å². The number of benzene rings is 3. The van der Waals surface area contributed by atoms with Crippen LogP contribution in [0.25, 0.3) is 33.6 Å². The second-order valence-corrected chi connectivity index (χ2v) is 5.69. The maximum Gasteiger partial charge on any atom is 0.0787 e. The van der Waals surface area contributed by atoms with Crippen molar-refractivity contribution in [3.05, 3.63) is 103 Å². The Balaban J connectivity index is 1.92. The standard InChI is InChI=1S/C23H17N/c1-4-10-18(11-5-1)21-16-17-22(19-12-6-2-7-13-19)24-23(21)20-14-8-3-9-15-20/h1-17H. The molecule has 1 heterocycles. The Morgan fingerprint density at radius 1 is 0.417 bits per heavy atom. The van der Waals surface area contributed by atoms with Gasteiger partial charge >= 0.3 is 0 Å². The first-order chi connectivity index (χ1) is 11.9. The van der Waals surface area contributed by atoms with E-state index in [1.807, 2.05) is 30.3 Å². The zero-order valence-corrected chi connectivity index (χ0v) is 13.3. The fraction of sp³-hybridized carbons (Fsp3) is 0. The van der Waals surface area contributed by atoms with Crippen molar-refractivity contribution in [3.8, 4) is 33.6 Å². The summed E-state index contributed by atoms with van der Waals surface area (Å²) >= 11 is 0. The number of rotatable bonds is 3. The van der Waals surface area contributed by atoms with Gasteiger partial charge in [-0.2, -0.15) is 0 Å². The van der Waals surface area contributed by atoms with Crippen LogP contribution in [0.4, 0.5) is 0 Å². The molecule has 3 aromatic carbocycles. The summed E-state index contributed by atoms with van der Waals surface area (Å²) in [5, 5.41) is 0. The van der Waals surface area contributed by atoms with Gasteiger partial charge in [0.1, 0.15) is 0 Å². The van der Waals surface area contributed by atoms with Gasteiger partial charge < -0.3 is 0 Å². The molecule has 1 heteroatoms. The average Bonchev–Trinajstić information content (AvgIpc) is 2.69. The molecule has 4 aromatic rings. The fourth-order valence-corrected chi connectivity index (χ4v) is 2.90. The molecule has 0 saturated heterocycles. The quantitative estimate of drug-likeness (QED) is 0.447. The summed E-state index contributed by atoms with van der Waals surface area (Å²) in [4.78, 5) is 4.99. The van der Waals surface area contributed by atoms with Gasteiger partial charge in [-0.25, -0.2) is 4.98 Å². The lowest BCUT2D eigenvalue weighted by molar-refractivity contribution is 1.32. The van der Waals surface area contributed by atoms with Crippen molar-refractivity contribution in [2.24, 2.45) is 0 Å². The minimum atomic E-state index is 0.995. The molecule has 0 aliphatic heterocycles. The van der Waals surface area contributed by atoms with Crippen molar-refractivity contribution >= 4 is 0 Å². The Bertz CT molecular complexity index is 929. The fourth-order valence-electron chi connectivity index (χ4n) is 2.90. The van der Waals surface area contributed by atoms with Crippen molar-refractivity contribution in [2.45, 2.75) is 0 Å². The van der Waals surface area contributed by atoms with Crippen molar-refractivity contribution in [1.29, 1.82) is 0 Å². The van der Waals surface area contributed by atoms with Gasteiger partial charge in [0.25, 0.3) is 0 Å². The van der Waals surface area contributed by atoms with Crippen LogP contribution >= 0.6 is 0 Å². The molecule has 0 amide bonds. The van der Waals surface area contributed by atoms with Crippen LogP contribution < -0.4 is 0 Å². The Hall–Kier alpha value is -3.19. The zero-order valence-electron chi connectivity index (χ0n) is 13.3. The summed E-state index contributed by atoms with van der Waals surface area (Å²) in [6.45, 7) is 0. The topological polar surface area (TPSA) is 12.9 Å². The second-order valence-electron chi connectivity index (χ2n) is 5.69. The highest BCUT2D eigenvalue weighted by Gasteiger charge is 2.11. The molecule has 1 nitrogen and oxygen atoms in total. The third-order valence-electron chi connectivity index (χ3n) is 4.10. The Morgan fingerprint density at radius 3 is 1.50 bits per heavy atom. The smallest absolute Gasteiger partial charge is 0.0787 e. The number of hydrogen-bond acceptors (Lipinski definition) is 1. The van der Waals surface area contributed by atoms with E-state index in [0.717, 1.165) is 28.1 Å². The molecular formula is C23H17N. The van der Waals surface area contributed by atoms with E-state index in [4.69, 9.17) is 4.98 Å². The van der Waals surface area contributed by atoms with Crippen molar-refractivity contribution < 1.29 is 0 Å². The lowest BCUT2D eigenvalue weighted by atomic mass is 9.98. The van der Waals surface area contributed by atoms with Gasteiger partial charge in [-0.3, -0.25) is 0 Å². The van der Waals surface area contributed by atoms with Crippen molar-refractivity contribution in [1.82, 2.24) is 4.98 Å². The van der Waals surface area contributed by atoms with Gasteiger partial charge in [0.2, 0.25) is 0 Å². The molecule has 0 N–H and O–H groups in total. The van der Waals surface area contributed by atoms with E-state index < -0.39 is 0 Å². The van der Waals surface area contributed by atoms with Crippen LogP contribution in [0.3, 0.4) is 0 Å². The number of nitrogens with zero attached hydrogens (tertiary/aromatic N) is 1. The minimum Gasteiger partial charge on any atom is -0.247 e. The molecule has 0 saturated carbocycles. The molecule has 0 fully saturated rings. The molecule has 0 atom stereocenters. The summed E-state index contributed by atoms with van der Waals surface area (Å²) in [6.07, 6.45) is 0. The summed E-state index contributed by atoms with van der Waals surface area (Å²) in [5.74, 6) is 0. The minimum absolute atomic E-state index is 0.995. The Labute approximate surface area is 142 Å². The molecule has 24 heavy (non-hydrogen) atoms. The number of pyridine rings is 1. The largest absolute Gasteiger partial charge is 0.247 e. The molecule has 0 radical (unpaired) electrons. The summed E-state index contributed by atoms with van der Waals surface area (Å²) < 4.78 is 0. The zero-order chi connectivity index (χ0) is 16.2. The van der Waals surface area contributed by atoms with Crippen LogP contribution in [-0.2, 0) is 0 Å². The molecule has 0 bridgehead atoms. The third kappa shape index (κ3) is 2.84. The monoisotopic (exact) mass is 307 g/mol. The number of hydrogen-bond donors (Lipinski definition) is 0. The van der Waals surface area contributed by atoms with Crippen LogP contribution in [-0.4, -0.2) is 4.98 Å². The normalized spacial score (nSPS) is 10.5. The summed E-state index contributed by atoms with van der Waals surface area (Å²) in [5.41, 5.74) is 6.62. The SMILES string of the molecule is c1ccc(-c2ccc(-c3ccccc3)c(-c3ccccc3)n2)cc1. The average molecular weight is 307 g/mol. The first-order valence-corrected chi connectivity index (χ1v) is 8.09. The highest BCUT2D eigenvalue weighted by Crippen LogP contribution is 2.32. The maximum atomic E-state index is 4.99. The van der Waals surface area contributed by atoms with E-state index in [-0.39, 0.29) is 0 Å². The van der Waals surface area contributed by atoms with Crippen LogP contribution in [0.15, 0.2) is 103 Å². The molecule has 0 spiro atoms. The highest BCUT2D eigenvalue weighted by molar-refractivity contribution is 5.82. The maximum absolute atomic E-state index is 4.99. The van der Waals surface area contributed by atoms with E-state index in [1.54, 1.807) is 0 Å². The molecule has 114 valence electrons. The van der Waals surface area contributed by atoms with Gasteiger partial charge in [0.05, 0.1) is 11.4 Å². The van der Waals surface area contributed by atoms with E-state index in [0.29, 0.717) is 0 Å². The predicted octanol–water partition coefficient (Wildman–Crippen LogP) is 6.08. The Morgan fingerprint density at radius 2 is 0.917 bits per heavy atom. The lowest BCUT2D eigenvalue weighted by Gasteiger charge is -2.12. The second kappa shape index (κ2) is 6.51. The van der Waals surface area contributed by atoms with E-state index >= 15 is 0 Å². The first-order valence-electron chi connectivity index (χ1n) is 8.09. The van der Waals surface area contributed by atoms with E-state index in [9.17, 15) is 0 Å². The molecule has 0 unspecified atom stereocenters. The van der Waals surface area contributed by atoms with E-state index in [1.165, 1.54) is 5.56 Å². The molecular weight excluding hydrogens is 290 g/mol. The van der Waals surface area contributed by atoms with Crippen LogP contribution in [0.2, 0.25) is 0 Å². The van der Waals surface area contributed by atoms with Crippen molar-refractivity contribution in [2.75, 3.05) is 0 Å². The van der Waals surface area contributed by atoms with Gasteiger partial charge in [-0.05, 0) is 11.6 Å².